The summed E-state index contributed by atoms with van der Waals surface area (Å²) >= 11 is 0. The third kappa shape index (κ3) is 2.34. The molecule has 1 aliphatic heterocycles. The molecule has 116 valence electrons. The minimum atomic E-state index is -0.365. The molecule has 24 heavy (non-hydrogen) atoms. The van der Waals surface area contributed by atoms with Crippen LogP contribution in [0.25, 0.3) is 11.1 Å². The van der Waals surface area contributed by atoms with Crippen molar-refractivity contribution in [3.8, 4) is 11.1 Å². The predicted molar refractivity (Wildman–Crippen MR) is 93.4 cm³/mol. The summed E-state index contributed by atoms with van der Waals surface area (Å²) in [6.07, 6.45) is 0. The molecular formula is C20H14N2O2. The fraction of sp³-hybridized carbons (Fsp3) is 0. The lowest BCUT2D eigenvalue weighted by Gasteiger charge is -2.14. The number of hydrogen-bond acceptors (Lipinski definition) is 3. The van der Waals surface area contributed by atoms with Crippen molar-refractivity contribution < 1.29 is 9.59 Å². The molecule has 0 atom stereocenters. The minimum absolute atomic E-state index is 0.352. The van der Waals surface area contributed by atoms with Gasteiger partial charge in [0.25, 0.3) is 11.8 Å². The molecule has 0 radical (unpaired) electrons. The third-order valence-corrected chi connectivity index (χ3v) is 4.04. The fourth-order valence-corrected chi connectivity index (χ4v) is 2.93. The Labute approximate surface area is 139 Å². The predicted octanol–water partition coefficient (Wildman–Crippen LogP) is 3.98. The number of imide groups is 1. The van der Waals surface area contributed by atoms with E-state index in [1.807, 2.05) is 54.6 Å². The maximum absolute atomic E-state index is 12.1. The summed E-state index contributed by atoms with van der Waals surface area (Å²) in [5.41, 5.74) is 4.41. The van der Waals surface area contributed by atoms with Gasteiger partial charge in [-0.2, -0.15) is 0 Å². The molecule has 2 amide bonds. The average Bonchev–Trinajstić information content (AvgIpc) is 2.91. The second-order valence-corrected chi connectivity index (χ2v) is 5.55. The number of carbonyl (C=O) groups is 2. The highest BCUT2D eigenvalue weighted by molar-refractivity contribution is 6.24. The van der Waals surface area contributed by atoms with Crippen molar-refractivity contribution in [3.63, 3.8) is 0 Å². The first-order valence-electron chi connectivity index (χ1n) is 7.64. The molecule has 4 nitrogen and oxygen atoms in total. The lowest BCUT2D eigenvalue weighted by Crippen LogP contribution is -2.20. The van der Waals surface area contributed by atoms with Gasteiger partial charge in [-0.3, -0.25) is 14.9 Å². The summed E-state index contributed by atoms with van der Waals surface area (Å²) in [6.45, 7) is 0. The molecule has 1 aliphatic rings. The molecule has 0 fully saturated rings. The number of carbonyl (C=O) groups excluding carboxylic acids is 2. The molecule has 0 aromatic heterocycles. The summed E-state index contributed by atoms with van der Waals surface area (Å²) in [5, 5.41) is 5.65. The Kier molecular flexibility index (Phi) is 3.35. The number of hydrogen-bond donors (Lipinski definition) is 2. The van der Waals surface area contributed by atoms with E-state index in [0.717, 1.165) is 16.8 Å². The van der Waals surface area contributed by atoms with Crippen molar-refractivity contribution in [2.24, 2.45) is 0 Å². The monoisotopic (exact) mass is 314 g/mol. The highest BCUT2D eigenvalue weighted by Crippen LogP contribution is 2.33. The number of fused-ring (bicyclic) bond motifs is 1. The van der Waals surface area contributed by atoms with Gasteiger partial charge in [0.2, 0.25) is 0 Å². The van der Waals surface area contributed by atoms with Crippen LogP contribution in [-0.2, 0) is 0 Å². The highest BCUT2D eigenvalue weighted by Gasteiger charge is 2.29. The van der Waals surface area contributed by atoms with E-state index in [4.69, 9.17) is 0 Å². The summed E-state index contributed by atoms with van der Waals surface area (Å²) in [6, 6.07) is 23.1. The lowest BCUT2D eigenvalue weighted by molar-refractivity contribution is 0.0880. The van der Waals surface area contributed by atoms with Crippen LogP contribution in [0.3, 0.4) is 0 Å². The molecule has 0 bridgehead atoms. The van der Waals surface area contributed by atoms with Crippen LogP contribution in [0, 0.1) is 0 Å². The van der Waals surface area contributed by atoms with E-state index in [1.54, 1.807) is 18.2 Å². The van der Waals surface area contributed by atoms with Gasteiger partial charge >= 0.3 is 0 Å². The molecule has 2 N–H and O–H groups in total. The van der Waals surface area contributed by atoms with E-state index in [9.17, 15) is 9.59 Å². The van der Waals surface area contributed by atoms with Crippen molar-refractivity contribution in [3.05, 3.63) is 83.9 Å². The Morgan fingerprint density at radius 1 is 0.625 bits per heavy atom. The Morgan fingerprint density at radius 2 is 1.29 bits per heavy atom. The first-order valence-corrected chi connectivity index (χ1v) is 7.64. The summed E-state index contributed by atoms with van der Waals surface area (Å²) < 4.78 is 0. The van der Waals surface area contributed by atoms with E-state index in [-0.39, 0.29) is 11.8 Å². The highest BCUT2D eigenvalue weighted by atomic mass is 16.2. The fourth-order valence-electron chi connectivity index (χ4n) is 2.93. The van der Waals surface area contributed by atoms with Gasteiger partial charge in [0.1, 0.15) is 0 Å². The van der Waals surface area contributed by atoms with E-state index in [2.05, 4.69) is 10.6 Å². The molecule has 1 heterocycles. The van der Waals surface area contributed by atoms with E-state index < -0.39 is 0 Å². The molecule has 0 spiro atoms. The summed E-state index contributed by atoms with van der Waals surface area (Å²) in [5.74, 6) is -0.717. The number of nitrogens with one attached hydrogen (secondary N) is 2. The van der Waals surface area contributed by atoms with Crippen molar-refractivity contribution in [2.75, 3.05) is 5.32 Å². The SMILES string of the molecule is O=C1NC(=O)c2c(Nc3ccccc3-c3ccccc3)cccc21. The zero-order chi connectivity index (χ0) is 16.5. The zero-order valence-corrected chi connectivity index (χ0v) is 12.7. The molecule has 3 aromatic rings. The molecule has 3 aromatic carbocycles. The number of benzene rings is 3. The van der Waals surface area contributed by atoms with Crippen LogP contribution in [0.4, 0.5) is 11.4 Å². The van der Waals surface area contributed by atoms with E-state index in [0.29, 0.717) is 16.8 Å². The lowest BCUT2D eigenvalue weighted by atomic mass is 10.0. The van der Waals surface area contributed by atoms with Crippen molar-refractivity contribution in [1.82, 2.24) is 5.32 Å². The van der Waals surface area contributed by atoms with Gasteiger partial charge in [-0.1, -0.05) is 54.6 Å². The van der Waals surface area contributed by atoms with Gasteiger partial charge in [-0.25, -0.2) is 0 Å². The maximum atomic E-state index is 12.1. The smallest absolute Gasteiger partial charge is 0.261 e. The van der Waals surface area contributed by atoms with Crippen LogP contribution in [0.2, 0.25) is 0 Å². The van der Waals surface area contributed by atoms with Crippen molar-refractivity contribution in [1.29, 1.82) is 0 Å². The molecule has 4 heteroatoms. The molecule has 0 saturated carbocycles. The van der Waals surface area contributed by atoms with Gasteiger partial charge in [0, 0.05) is 11.3 Å². The van der Waals surface area contributed by atoms with Crippen LogP contribution in [0.15, 0.2) is 72.8 Å². The molecule has 0 saturated heterocycles. The van der Waals surface area contributed by atoms with Gasteiger partial charge in [-0.15, -0.1) is 0 Å². The zero-order valence-electron chi connectivity index (χ0n) is 12.7. The van der Waals surface area contributed by atoms with Crippen LogP contribution in [-0.4, -0.2) is 11.8 Å². The summed E-state index contributed by atoms with van der Waals surface area (Å²) in [7, 11) is 0. The molecule has 4 rings (SSSR count). The Hall–Kier alpha value is -3.40. The average molecular weight is 314 g/mol. The van der Waals surface area contributed by atoms with Crippen LogP contribution in [0.1, 0.15) is 20.7 Å². The topological polar surface area (TPSA) is 58.2 Å². The molecular weight excluding hydrogens is 300 g/mol. The van der Waals surface area contributed by atoms with E-state index >= 15 is 0 Å². The standard InChI is InChI=1S/C20H14N2O2/c23-19-15-10-6-12-17(18(15)20(24)22-19)21-16-11-5-4-9-14(16)13-7-2-1-3-8-13/h1-12,21H,(H,22,23,24). The van der Waals surface area contributed by atoms with E-state index in [1.165, 1.54) is 0 Å². The largest absolute Gasteiger partial charge is 0.354 e. The van der Waals surface area contributed by atoms with Crippen LogP contribution in [0.5, 0.6) is 0 Å². The van der Waals surface area contributed by atoms with Gasteiger partial charge in [0.05, 0.1) is 16.8 Å². The number of para-hydroxylation sites is 1. The number of rotatable bonds is 3. The first-order chi connectivity index (χ1) is 11.7. The van der Waals surface area contributed by atoms with Gasteiger partial charge in [-0.05, 0) is 23.8 Å². The summed E-state index contributed by atoms with van der Waals surface area (Å²) in [4.78, 5) is 23.9. The maximum Gasteiger partial charge on any atom is 0.261 e. The number of anilines is 2. The van der Waals surface area contributed by atoms with Crippen LogP contribution >= 0.6 is 0 Å². The quantitative estimate of drug-likeness (QED) is 0.719. The van der Waals surface area contributed by atoms with Crippen LogP contribution < -0.4 is 10.6 Å². The minimum Gasteiger partial charge on any atom is -0.354 e. The number of amides is 2. The van der Waals surface area contributed by atoms with Gasteiger partial charge in [0.15, 0.2) is 0 Å². The van der Waals surface area contributed by atoms with Crippen molar-refractivity contribution in [2.45, 2.75) is 0 Å². The van der Waals surface area contributed by atoms with Gasteiger partial charge < -0.3 is 5.32 Å². The Morgan fingerprint density at radius 3 is 2.12 bits per heavy atom. The second-order valence-electron chi connectivity index (χ2n) is 5.55. The first kappa shape index (κ1) is 14.2. The third-order valence-electron chi connectivity index (χ3n) is 4.04. The van der Waals surface area contributed by atoms with Crippen molar-refractivity contribution >= 4 is 23.2 Å². The Balaban J connectivity index is 1.79. The molecule has 0 aliphatic carbocycles. The Bertz CT molecular complexity index is 949. The second kappa shape index (κ2) is 5.66. The molecule has 0 unspecified atom stereocenters. The normalized spacial score (nSPS) is 12.7.